The van der Waals surface area contributed by atoms with Crippen LogP contribution in [0.15, 0.2) is 23.6 Å². The summed E-state index contributed by atoms with van der Waals surface area (Å²) in [6.45, 7) is 4.08. The second-order valence-electron chi connectivity index (χ2n) is 4.71. The fourth-order valence-electron chi connectivity index (χ4n) is 1.78. The monoisotopic (exact) mass is 299 g/mol. The molecule has 0 spiro atoms. The number of pyridine rings is 1. The van der Waals surface area contributed by atoms with Crippen molar-refractivity contribution in [3.8, 4) is 11.4 Å². The maximum absolute atomic E-state index is 13.8. The summed E-state index contributed by atoms with van der Waals surface area (Å²) in [5.41, 5.74) is 0.128. The van der Waals surface area contributed by atoms with Gasteiger partial charge >= 0.3 is 0 Å². The highest BCUT2D eigenvalue weighted by atomic mass is 32.2. The molecule has 0 aliphatic heterocycles. The van der Waals surface area contributed by atoms with Crippen molar-refractivity contribution in [2.75, 3.05) is 0 Å². The number of primary sulfonamides is 1. The first kappa shape index (κ1) is 14.5. The van der Waals surface area contributed by atoms with Gasteiger partial charge in [-0.15, -0.1) is 10.2 Å². The standard InChI is InChI=1S/C11H14FN5O2S/c1-7(2)6-17-10(8-3-4-14-5-9(8)12)15-16-11(17)20(13,18)19/h3-5,7H,6H2,1-2H3,(H2,13,18,19). The van der Waals surface area contributed by atoms with Crippen LogP contribution in [0.5, 0.6) is 0 Å². The van der Waals surface area contributed by atoms with E-state index in [1.54, 1.807) is 0 Å². The lowest BCUT2D eigenvalue weighted by molar-refractivity contribution is 0.485. The molecule has 2 N–H and O–H groups in total. The van der Waals surface area contributed by atoms with Crippen molar-refractivity contribution in [3.63, 3.8) is 0 Å². The van der Waals surface area contributed by atoms with Crippen LogP contribution in [0, 0.1) is 11.7 Å². The van der Waals surface area contributed by atoms with Crippen LogP contribution in [-0.2, 0) is 16.6 Å². The second kappa shape index (κ2) is 5.25. The van der Waals surface area contributed by atoms with Gasteiger partial charge in [-0.05, 0) is 12.0 Å². The average Bonchev–Trinajstić information content (AvgIpc) is 2.72. The Balaban J connectivity index is 2.66. The predicted octanol–water partition coefficient (Wildman–Crippen LogP) is 0.783. The van der Waals surface area contributed by atoms with E-state index in [1.807, 2.05) is 13.8 Å². The first-order valence-corrected chi connectivity index (χ1v) is 7.41. The zero-order valence-corrected chi connectivity index (χ0v) is 11.8. The topological polar surface area (TPSA) is 104 Å². The van der Waals surface area contributed by atoms with Crippen LogP contribution in [0.2, 0.25) is 0 Å². The third kappa shape index (κ3) is 2.83. The Morgan fingerprint density at radius 2 is 2.10 bits per heavy atom. The van der Waals surface area contributed by atoms with Gasteiger partial charge in [0.25, 0.3) is 15.2 Å². The summed E-state index contributed by atoms with van der Waals surface area (Å²) in [5, 5.41) is 12.1. The summed E-state index contributed by atoms with van der Waals surface area (Å²) in [6, 6.07) is 1.41. The molecule has 0 saturated heterocycles. The van der Waals surface area contributed by atoms with Crippen molar-refractivity contribution in [2.45, 2.75) is 25.5 Å². The molecule has 2 aromatic rings. The molecule has 0 saturated carbocycles. The SMILES string of the molecule is CC(C)Cn1c(-c2ccncc2F)nnc1S(N)(=O)=O. The van der Waals surface area contributed by atoms with Gasteiger partial charge in [-0.2, -0.15) is 0 Å². The quantitative estimate of drug-likeness (QED) is 0.898. The molecular weight excluding hydrogens is 285 g/mol. The number of sulfonamides is 1. The summed E-state index contributed by atoms with van der Waals surface area (Å²) in [5.74, 6) is -0.386. The summed E-state index contributed by atoms with van der Waals surface area (Å²) in [7, 11) is -4.03. The van der Waals surface area contributed by atoms with Crippen LogP contribution >= 0.6 is 0 Å². The van der Waals surface area contributed by atoms with E-state index in [9.17, 15) is 12.8 Å². The predicted molar refractivity (Wildman–Crippen MR) is 69.4 cm³/mol. The van der Waals surface area contributed by atoms with E-state index >= 15 is 0 Å². The van der Waals surface area contributed by atoms with Crippen molar-refractivity contribution in [1.82, 2.24) is 19.7 Å². The van der Waals surface area contributed by atoms with Crippen LogP contribution in [0.3, 0.4) is 0 Å². The minimum absolute atomic E-state index is 0.107. The smallest absolute Gasteiger partial charge is 0.273 e. The van der Waals surface area contributed by atoms with E-state index in [1.165, 1.54) is 16.8 Å². The van der Waals surface area contributed by atoms with E-state index in [4.69, 9.17) is 5.14 Å². The summed E-state index contributed by atoms with van der Waals surface area (Å²) in [6.07, 6.45) is 2.42. The Morgan fingerprint density at radius 1 is 1.40 bits per heavy atom. The van der Waals surface area contributed by atoms with Crippen molar-refractivity contribution < 1.29 is 12.8 Å². The Bertz CT molecular complexity index is 726. The number of hydrogen-bond acceptors (Lipinski definition) is 5. The minimum Gasteiger partial charge on any atom is -0.296 e. The van der Waals surface area contributed by atoms with Crippen LogP contribution in [0.1, 0.15) is 13.8 Å². The lowest BCUT2D eigenvalue weighted by Gasteiger charge is -2.11. The molecule has 0 aliphatic rings. The van der Waals surface area contributed by atoms with Crippen LogP contribution in [0.4, 0.5) is 4.39 Å². The molecule has 0 radical (unpaired) electrons. The zero-order chi connectivity index (χ0) is 14.9. The van der Waals surface area contributed by atoms with Gasteiger partial charge in [0.05, 0.1) is 11.8 Å². The molecule has 0 unspecified atom stereocenters. The molecule has 0 fully saturated rings. The van der Waals surface area contributed by atoms with Gasteiger partial charge in [0, 0.05) is 12.7 Å². The molecule has 0 amide bonds. The summed E-state index contributed by atoms with van der Waals surface area (Å²) in [4.78, 5) is 3.64. The number of aromatic nitrogens is 4. The molecule has 0 aliphatic carbocycles. The third-order valence-corrected chi connectivity index (χ3v) is 3.34. The van der Waals surface area contributed by atoms with Crippen molar-refractivity contribution in [2.24, 2.45) is 11.1 Å². The fraction of sp³-hybridized carbons (Fsp3) is 0.364. The van der Waals surface area contributed by atoms with E-state index in [-0.39, 0.29) is 22.5 Å². The Hall–Kier alpha value is -1.87. The molecule has 0 aromatic carbocycles. The number of nitrogens with zero attached hydrogens (tertiary/aromatic N) is 4. The highest BCUT2D eigenvalue weighted by Crippen LogP contribution is 2.23. The molecule has 7 nitrogen and oxygen atoms in total. The maximum atomic E-state index is 13.8. The summed E-state index contributed by atoms with van der Waals surface area (Å²) < 4.78 is 38.1. The van der Waals surface area contributed by atoms with Crippen LogP contribution in [-0.4, -0.2) is 28.2 Å². The molecule has 2 heterocycles. The lowest BCUT2D eigenvalue weighted by atomic mass is 10.2. The second-order valence-corrected chi connectivity index (χ2v) is 6.17. The van der Waals surface area contributed by atoms with Crippen molar-refractivity contribution >= 4 is 10.0 Å². The van der Waals surface area contributed by atoms with Gasteiger partial charge in [0.2, 0.25) is 0 Å². The molecule has 20 heavy (non-hydrogen) atoms. The maximum Gasteiger partial charge on any atom is 0.273 e. The number of nitrogens with two attached hydrogens (primary N) is 1. The largest absolute Gasteiger partial charge is 0.296 e. The average molecular weight is 299 g/mol. The highest BCUT2D eigenvalue weighted by molar-refractivity contribution is 7.89. The molecule has 0 atom stereocenters. The number of halogens is 1. The molecular formula is C11H14FN5O2S. The normalized spacial score (nSPS) is 12.1. The van der Waals surface area contributed by atoms with E-state index < -0.39 is 15.8 Å². The Morgan fingerprint density at radius 3 is 2.65 bits per heavy atom. The van der Waals surface area contributed by atoms with E-state index in [0.29, 0.717) is 6.54 Å². The van der Waals surface area contributed by atoms with E-state index in [0.717, 1.165) is 6.20 Å². The van der Waals surface area contributed by atoms with Gasteiger partial charge in [-0.3, -0.25) is 9.55 Å². The van der Waals surface area contributed by atoms with Gasteiger partial charge in [0.15, 0.2) is 11.6 Å². The first-order chi connectivity index (χ1) is 9.30. The van der Waals surface area contributed by atoms with Crippen LogP contribution < -0.4 is 5.14 Å². The third-order valence-electron chi connectivity index (χ3n) is 2.53. The van der Waals surface area contributed by atoms with Crippen molar-refractivity contribution in [1.29, 1.82) is 0 Å². The first-order valence-electron chi connectivity index (χ1n) is 5.86. The lowest BCUT2D eigenvalue weighted by Crippen LogP contribution is -2.20. The molecule has 108 valence electrons. The van der Waals surface area contributed by atoms with E-state index in [2.05, 4.69) is 15.2 Å². The summed E-state index contributed by atoms with van der Waals surface area (Å²) >= 11 is 0. The van der Waals surface area contributed by atoms with Gasteiger partial charge in [-0.25, -0.2) is 17.9 Å². The van der Waals surface area contributed by atoms with Gasteiger partial charge in [0.1, 0.15) is 0 Å². The minimum atomic E-state index is -4.03. The zero-order valence-electron chi connectivity index (χ0n) is 11.0. The molecule has 2 aromatic heterocycles. The fourth-order valence-corrected chi connectivity index (χ4v) is 2.41. The molecule has 9 heteroatoms. The number of hydrogen-bond donors (Lipinski definition) is 1. The molecule has 0 bridgehead atoms. The Kier molecular flexibility index (Phi) is 3.82. The van der Waals surface area contributed by atoms with Crippen LogP contribution in [0.25, 0.3) is 11.4 Å². The molecule has 2 rings (SSSR count). The highest BCUT2D eigenvalue weighted by Gasteiger charge is 2.23. The number of rotatable bonds is 4. The van der Waals surface area contributed by atoms with Gasteiger partial charge in [-0.1, -0.05) is 13.8 Å². The van der Waals surface area contributed by atoms with Crippen molar-refractivity contribution in [3.05, 3.63) is 24.3 Å². The van der Waals surface area contributed by atoms with Gasteiger partial charge < -0.3 is 0 Å². The Labute approximate surface area is 115 Å².